The Morgan fingerprint density at radius 1 is 1.03 bits per heavy atom. The van der Waals surface area contributed by atoms with Gasteiger partial charge in [0.1, 0.15) is 11.8 Å². The quantitative estimate of drug-likeness (QED) is 0.689. The fraction of sp³-hybridized carbons (Fsp3) is 0.375. The van der Waals surface area contributed by atoms with Gasteiger partial charge >= 0.3 is 6.09 Å². The van der Waals surface area contributed by atoms with Gasteiger partial charge in [-0.2, -0.15) is 5.01 Å². The molecule has 2 aromatic rings. The lowest BCUT2D eigenvalue weighted by atomic mass is 9.97. The van der Waals surface area contributed by atoms with Gasteiger partial charge in [-0.1, -0.05) is 48.5 Å². The number of carbonyl (C=O) groups excluding carboxylic acids is 3. The lowest BCUT2D eigenvalue weighted by Gasteiger charge is -2.38. The lowest BCUT2D eigenvalue weighted by Crippen LogP contribution is -2.60. The number of para-hydroxylation sites is 1. The zero-order chi connectivity index (χ0) is 22.8. The molecular formula is C24H26N4O4. The van der Waals surface area contributed by atoms with Gasteiger partial charge in [-0.15, -0.1) is 0 Å². The first kappa shape index (κ1) is 20.5. The van der Waals surface area contributed by atoms with Crippen molar-refractivity contribution in [2.75, 3.05) is 18.5 Å². The van der Waals surface area contributed by atoms with Crippen LogP contribution in [-0.2, 0) is 20.0 Å². The maximum absolute atomic E-state index is 14.0. The molecule has 32 heavy (non-hydrogen) atoms. The maximum atomic E-state index is 14.0. The molecule has 2 atom stereocenters. The van der Waals surface area contributed by atoms with E-state index in [1.165, 1.54) is 14.8 Å². The molecular weight excluding hydrogens is 408 g/mol. The average molecular weight is 434 g/mol. The fourth-order valence-electron chi connectivity index (χ4n) is 5.02. The Morgan fingerprint density at radius 2 is 1.69 bits per heavy atom. The number of anilines is 1. The molecule has 3 heterocycles. The number of rotatable bonds is 1. The predicted octanol–water partition coefficient (Wildman–Crippen LogP) is 3.21. The molecule has 2 fully saturated rings. The zero-order valence-electron chi connectivity index (χ0n) is 18.6. The van der Waals surface area contributed by atoms with E-state index < -0.39 is 23.5 Å². The Kier molecular flexibility index (Phi) is 4.36. The number of nitrogens with zero attached hydrogens (tertiary/aromatic N) is 4. The molecule has 3 aliphatic heterocycles. The summed E-state index contributed by atoms with van der Waals surface area (Å²) >= 11 is 0. The normalized spacial score (nSPS) is 25.0. The van der Waals surface area contributed by atoms with Gasteiger partial charge in [0.15, 0.2) is 0 Å². The smallest absolute Gasteiger partial charge is 0.414 e. The van der Waals surface area contributed by atoms with Crippen molar-refractivity contribution in [2.45, 2.75) is 44.6 Å². The van der Waals surface area contributed by atoms with Crippen LogP contribution in [0, 0.1) is 0 Å². The molecule has 3 amide bonds. The maximum Gasteiger partial charge on any atom is 0.414 e. The molecule has 2 aromatic carbocycles. The van der Waals surface area contributed by atoms with Gasteiger partial charge in [-0.25, -0.2) is 14.7 Å². The number of ether oxygens (including phenoxy) is 1. The van der Waals surface area contributed by atoms with Gasteiger partial charge in [0, 0.05) is 25.6 Å². The Balaban J connectivity index is 1.80. The van der Waals surface area contributed by atoms with Gasteiger partial charge in [0.2, 0.25) is 11.6 Å². The largest absolute Gasteiger partial charge is 0.444 e. The SMILES string of the molecule is CN1C(=O)[C@@]2(c3ccccc31)N(C(=O)OC(C)(C)C)[C@H](c1ccccc1)N1CCC(=O)N12. The summed E-state index contributed by atoms with van der Waals surface area (Å²) in [6.07, 6.45) is -1.04. The molecule has 5 rings (SSSR count). The Labute approximate surface area is 186 Å². The molecule has 2 saturated heterocycles. The lowest BCUT2D eigenvalue weighted by molar-refractivity contribution is -0.157. The van der Waals surface area contributed by atoms with Gasteiger partial charge in [-0.05, 0) is 32.4 Å². The molecule has 8 nitrogen and oxygen atoms in total. The third kappa shape index (κ3) is 2.62. The molecule has 0 bridgehead atoms. The summed E-state index contributed by atoms with van der Waals surface area (Å²) in [5.41, 5.74) is -0.355. The second kappa shape index (κ2) is 6.80. The predicted molar refractivity (Wildman–Crippen MR) is 117 cm³/mol. The second-order valence-electron chi connectivity index (χ2n) is 9.31. The van der Waals surface area contributed by atoms with Crippen molar-refractivity contribution >= 4 is 23.6 Å². The minimum absolute atomic E-state index is 0.199. The van der Waals surface area contributed by atoms with E-state index in [1.807, 2.05) is 59.6 Å². The van der Waals surface area contributed by atoms with Crippen LogP contribution in [0.15, 0.2) is 54.6 Å². The summed E-state index contributed by atoms with van der Waals surface area (Å²) in [7, 11) is 1.67. The standard InChI is InChI=1S/C24H26N4O4/c1-23(2,3)32-22(31)27-20(16-10-6-5-7-11-16)26-15-14-19(29)28(26)24(27)17-12-8-9-13-18(17)25(4)21(24)30/h5-13,20H,14-15H2,1-4H3/t20-,24+/m1/s1. The number of hydrogen-bond donors (Lipinski definition) is 0. The Bertz CT molecular complexity index is 1110. The first-order valence-corrected chi connectivity index (χ1v) is 10.7. The van der Waals surface area contributed by atoms with Crippen LogP contribution >= 0.6 is 0 Å². The van der Waals surface area contributed by atoms with E-state index in [4.69, 9.17) is 4.74 Å². The number of amides is 3. The van der Waals surface area contributed by atoms with Crippen LogP contribution in [0.5, 0.6) is 0 Å². The summed E-state index contributed by atoms with van der Waals surface area (Å²) in [6, 6.07) is 16.8. The third-order valence-corrected chi connectivity index (χ3v) is 6.16. The summed E-state index contributed by atoms with van der Waals surface area (Å²) < 4.78 is 5.81. The number of benzene rings is 2. The van der Waals surface area contributed by atoms with E-state index in [2.05, 4.69) is 0 Å². The molecule has 0 saturated carbocycles. The van der Waals surface area contributed by atoms with Crippen molar-refractivity contribution in [1.82, 2.24) is 14.9 Å². The van der Waals surface area contributed by atoms with Crippen LogP contribution in [0.4, 0.5) is 10.5 Å². The van der Waals surface area contributed by atoms with Gasteiger partial charge in [0.25, 0.3) is 5.91 Å². The molecule has 8 heteroatoms. The number of fused-ring (bicyclic) bond motifs is 4. The second-order valence-corrected chi connectivity index (χ2v) is 9.31. The van der Waals surface area contributed by atoms with Crippen LogP contribution < -0.4 is 4.90 Å². The summed E-state index contributed by atoms with van der Waals surface area (Å²) in [5, 5.41) is 3.31. The average Bonchev–Trinajstić information content (AvgIpc) is 3.34. The first-order valence-electron chi connectivity index (χ1n) is 10.7. The van der Waals surface area contributed by atoms with Gasteiger partial charge in [0.05, 0.1) is 5.69 Å². The number of hydrazine groups is 1. The van der Waals surface area contributed by atoms with Gasteiger partial charge in [-0.3, -0.25) is 9.59 Å². The van der Waals surface area contributed by atoms with E-state index in [0.717, 1.165) is 5.56 Å². The molecule has 0 aromatic heterocycles. The fourth-order valence-corrected chi connectivity index (χ4v) is 5.02. The van der Waals surface area contributed by atoms with Crippen LogP contribution in [0.25, 0.3) is 0 Å². The van der Waals surface area contributed by atoms with E-state index in [0.29, 0.717) is 17.8 Å². The zero-order valence-corrected chi connectivity index (χ0v) is 18.6. The van der Waals surface area contributed by atoms with Crippen molar-refractivity contribution < 1.29 is 19.1 Å². The van der Waals surface area contributed by atoms with Crippen molar-refractivity contribution in [3.05, 3.63) is 65.7 Å². The Morgan fingerprint density at radius 3 is 2.38 bits per heavy atom. The summed E-state index contributed by atoms with van der Waals surface area (Å²) in [4.78, 5) is 44.0. The molecule has 0 radical (unpaired) electrons. The van der Waals surface area contributed by atoms with E-state index in [-0.39, 0.29) is 18.2 Å². The van der Waals surface area contributed by atoms with Crippen LogP contribution in [0.3, 0.4) is 0 Å². The molecule has 0 aliphatic carbocycles. The first-order chi connectivity index (χ1) is 15.2. The van der Waals surface area contributed by atoms with Crippen molar-refractivity contribution in [3.63, 3.8) is 0 Å². The van der Waals surface area contributed by atoms with Crippen LogP contribution in [0.1, 0.15) is 44.5 Å². The van der Waals surface area contributed by atoms with Crippen molar-refractivity contribution in [1.29, 1.82) is 0 Å². The molecule has 0 N–H and O–H groups in total. The molecule has 3 aliphatic rings. The molecule has 1 spiro atoms. The van der Waals surface area contributed by atoms with E-state index in [1.54, 1.807) is 27.8 Å². The highest BCUT2D eigenvalue weighted by molar-refractivity contribution is 6.10. The van der Waals surface area contributed by atoms with Crippen LogP contribution in [0.2, 0.25) is 0 Å². The molecule has 0 unspecified atom stereocenters. The highest BCUT2D eigenvalue weighted by Crippen LogP contribution is 2.56. The molecule has 166 valence electrons. The topological polar surface area (TPSA) is 73.4 Å². The summed E-state index contributed by atoms with van der Waals surface area (Å²) in [6.45, 7) is 5.76. The van der Waals surface area contributed by atoms with Crippen molar-refractivity contribution in [2.24, 2.45) is 0 Å². The minimum atomic E-state index is -1.64. The summed E-state index contributed by atoms with van der Waals surface area (Å²) in [5.74, 6) is -0.557. The monoisotopic (exact) mass is 434 g/mol. The number of likely N-dealkylation sites (N-methyl/N-ethyl adjacent to an activating group) is 1. The highest BCUT2D eigenvalue weighted by Gasteiger charge is 2.71. The minimum Gasteiger partial charge on any atom is -0.444 e. The van der Waals surface area contributed by atoms with Gasteiger partial charge < -0.3 is 9.64 Å². The van der Waals surface area contributed by atoms with E-state index in [9.17, 15) is 14.4 Å². The third-order valence-electron chi connectivity index (χ3n) is 6.16. The Hall–Kier alpha value is -3.39. The highest BCUT2D eigenvalue weighted by atomic mass is 16.6. The van der Waals surface area contributed by atoms with E-state index >= 15 is 0 Å². The number of carbonyl (C=O) groups is 3. The number of hydrogen-bond acceptors (Lipinski definition) is 5. The van der Waals surface area contributed by atoms with Crippen molar-refractivity contribution in [3.8, 4) is 0 Å². The van der Waals surface area contributed by atoms with Crippen LogP contribution in [-0.4, -0.2) is 52.0 Å².